The number of aromatic nitrogens is 5. The van der Waals surface area contributed by atoms with Crippen molar-refractivity contribution in [2.45, 2.75) is 38.6 Å². The van der Waals surface area contributed by atoms with Crippen molar-refractivity contribution in [2.75, 3.05) is 18.5 Å². The smallest absolute Gasteiger partial charge is 0.261 e. The van der Waals surface area contributed by atoms with Crippen molar-refractivity contribution in [1.82, 2.24) is 24.7 Å². The summed E-state index contributed by atoms with van der Waals surface area (Å²) in [4.78, 5) is 24.4. The molecule has 8 nitrogen and oxygen atoms in total. The molecule has 0 atom stereocenters. The Kier molecular flexibility index (Phi) is 4.42. The second-order valence-electron chi connectivity index (χ2n) is 6.81. The zero-order valence-corrected chi connectivity index (χ0v) is 14.9. The maximum Gasteiger partial charge on any atom is 0.261 e. The third-order valence-corrected chi connectivity index (χ3v) is 4.62. The number of ether oxygens (including phenoxy) is 1. The molecule has 0 saturated carbocycles. The molecule has 0 radical (unpaired) electrons. The molecule has 0 spiro atoms. The van der Waals surface area contributed by atoms with Gasteiger partial charge in [0.05, 0.1) is 17.4 Å². The molecule has 0 aliphatic carbocycles. The van der Waals surface area contributed by atoms with Gasteiger partial charge in [-0.15, -0.1) is 0 Å². The lowest BCUT2D eigenvalue weighted by molar-refractivity contribution is 0.0837. The van der Waals surface area contributed by atoms with Crippen LogP contribution in [0.2, 0.25) is 0 Å². The Bertz CT molecular complexity index is 971. The fourth-order valence-electron chi connectivity index (χ4n) is 3.16. The molecule has 1 aliphatic heterocycles. The number of pyridine rings is 1. The number of hydrogen-bond acceptors (Lipinski definition) is 6. The Labute approximate surface area is 150 Å². The third-order valence-electron chi connectivity index (χ3n) is 4.62. The summed E-state index contributed by atoms with van der Waals surface area (Å²) < 4.78 is 7.30. The fourth-order valence-corrected chi connectivity index (χ4v) is 3.16. The van der Waals surface area contributed by atoms with Crippen LogP contribution in [0.3, 0.4) is 0 Å². The molecule has 2 N–H and O–H groups in total. The van der Waals surface area contributed by atoms with Crippen LogP contribution in [0.1, 0.15) is 44.5 Å². The normalized spacial score (nSPS) is 15.7. The van der Waals surface area contributed by atoms with Gasteiger partial charge in [-0.2, -0.15) is 5.10 Å². The van der Waals surface area contributed by atoms with E-state index in [0.29, 0.717) is 29.9 Å². The van der Waals surface area contributed by atoms with E-state index >= 15 is 0 Å². The number of nitrogens with zero attached hydrogens (tertiary/aromatic N) is 4. The monoisotopic (exact) mass is 354 g/mol. The zero-order chi connectivity index (χ0) is 18.1. The standard InChI is InChI=1S/C18H22N6O2/c1-11(2)24-10-13(9-20-24)21-17-15-14(3-6-19-18(15)25)22-16(23-17)12-4-7-26-8-5-12/h3,6,9-12H,4-5,7-8H2,1-2H3,(H,19,25)(H,21,22,23). The lowest BCUT2D eigenvalue weighted by Gasteiger charge is -2.21. The minimum absolute atomic E-state index is 0.209. The third kappa shape index (κ3) is 3.20. The molecule has 26 heavy (non-hydrogen) atoms. The highest BCUT2D eigenvalue weighted by molar-refractivity contribution is 5.89. The number of rotatable bonds is 4. The average molecular weight is 354 g/mol. The topological polar surface area (TPSA) is 97.7 Å². The Morgan fingerprint density at radius 2 is 2.12 bits per heavy atom. The van der Waals surface area contributed by atoms with Crippen molar-refractivity contribution in [3.8, 4) is 0 Å². The Balaban J connectivity index is 1.78. The van der Waals surface area contributed by atoms with Crippen LogP contribution in [0.5, 0.6) is 0 Å². The van der Waals surface area contributed by atoms with Crippen LogP contribution in [0.4, 0.5) is 11.5 Å². The van der Waals surface area contributed by atoms with E-state index in [-0.39, 0.29) is 17.5 Å². The molecular weight excluding hydrogens is 332 g/mol. The quantitative estimate of drug-likeness (QED) is 0.748. The molecule has 0 amide bonds. The number of hydrogen-bond donors (Lipinski definition) is 2. The molecule has 4 heterocycles. The summed E-state index contributed by atoms with van der Waals surface area (Å²) in [5.74, 6) is 1.51. The lowest BCUT2D eigenvalue weighted by Crippen LogP contribution is -2.18. The molecule has 136 valence electrons. The first-order valence-electron chi connectivity index (χ1n) is 8.90. The second kappa shape index (κ2) is 6.87. The number of nitrogens with one attached hydrogen (secondary N) is 2. The first-order chi connectivity index (χ1) is 12.6. The van der Waals surface area contributed by atoms with Crippen LogP contribution < -0.4 is 10.9 Å². The first kappa shape index (κ1) is 16.7. The molecule has 8 heteroatoms. The highest BCUT2D eigenvalue weighted by Crippen LogP contribution is 2.28. The number of H-pyrrole nitrogens is 1. The molecular formula is C18H22N6O2. The molecule has 3 aromatic rings. The van der Waals surface area contributed by atoms with Crippen LogP contribution in [0.25, 0.3) is 10.9 Å². The minimum atomic E-state index is -0.209. The summed E-state index contributed by atoms with van der Waals surface area (Å²) in [5.41, 5.74) is 1.23. The van der Waals surface area contributed by atoms with Gasteiger partial charge in [-0.25, -0.2) is 9.97 Å². The van der Waals surface area contributed by atoms with Crippen molar-refractivity contribution < 1.29 is 4.74 Å². The summed E-state index contributed by atoms with van der Waals surface area (Å²) >= 11 is 0. The van der Waals surface area contributed by atoms with Gasteiger partial charge in [-0.05, 0) is 32.8 Å². The van der Waals surface area contributed by atoms with Crippen molar-refractivity contribution >= 4 is 22.4 Å². The molecule has 1 saturated heterocycles. The van der Waals surface area contributed by atoms with Crippen LogP contribution in [0.15, 0.2) is 29.5 Å². The van der Waals surface area contributed by atoms with Crippen molar-refractivity contribution in [2.24, 2.45) is 0 Å². The van der Waals surface area contributed by atoms with Gasteiger partial charge >= 0.3 is 0 Å². The van der Waals surface area contributed by atoms with Crippen LogP contribution in [-0.2, 0) is 4.74 Å². The molecule has 4 rings (SSSR count). The molecule has 0 bridgehead atoms. The molecule has 1 fully saturated rings. The fraction of sp³-hybridized carbons (Fsp3) is 0.444. The number of aromatic amines is 1. The zero-order valence-electron chi connectivity index (χ0n) is 14.9. The SMILES string of the molecule is CC(C)n1cc(Nc2nc(C3CCOCC3)nc3cc[nH]c(=O)c23)cn1. The van der Waals surface area contributed by atoms with Crippen molar-refractivity contribution in [3.63, 3.8) is 0 Å². The van der Waals surface area contributed by atoms with Gasteiger partial charge in [0.15, 0.2) is 0 Å². The Morgan fingerprint density at radius 3 is 2.85 bits per heavy atom. The van der Waals surface area contributed by atoms with Gasteiger partial charge in [0, 0.05) is 37.6 Å². The second-order valence-corrected chi connectivity index (χ2v) is 6.81. The maximum absolute atomic E-state index is 12.4. The summed E-state index contributed by atoms with van der Waals surface area (Å²) in [6.45, 7) is 5.55. The largest absolute Gasteiger partial charge is 0.381 e. The van der Waals surface area contributed by atoms with Crippen LogP contribution >= 0.6 is 0 Å². The Morgan fingerprint density at radius 1 is 1.31 bits per heavy atom. The van der Waals surface area contributed by atoms with E-state index < -0.39 is 0 Å². The van der Waals surface area contributed by atoms with Gasteiger partial charge in [0.25, 0.3) is 5.56 Å². The van der Waals surface area contributed by atoms with E-state index in [9.17, 15) is 4.79 Å². The average Bonchev–Trinajstić information content (AvgIpc) is 3.11. The molecule has 0 aromatic carbocycles. The van der Waals surface area contributed by atoms with E-state index in [0.717, 1.165) is 24.4 Å². The van der Waals surface area contributed by atoms with Gasteiger partial charge in [-0.3, -0.25) is 9.48 Å². The van der Waals surface area contributed by atoms with Gasteiger partial charge < -0.3 is 15.0 Å². The van der Waals surface area contributed by atoms with Gasteiger partial charge in [0.2, 0.25) is 0 Å². The van der Waals surface area contributed by atoms with E-state index in [1.54, 1.807) is 12.4 Å². The number of anilines is 2. The summed E-state index contributed by atoms with van der Waals surface area (Å²) in [5, 5.41) is 8.05. The van der Waals surface area contributed by atoms with Crippen LogP contribution in [0, 0.1) is 0 Å². The molecule has 3 aromatic heterocycles. The minimum Gasteiger partial charge on any atom is -0.381 e. The summed E-state index contributed by atoms with van der Waals surface area (Å²) in [6.07, 6.45) is 7.04. The van der Waals surface area contributed by atoms with Crippen LogP contribution in [-0.4, -0.2) is 37.9 Å². The van der Waals surface area contributed by atoms with E-state index in [1.165, 1.54) is 0 Å². The van der Waals surface area contributed by atoms with Crippen molar-refractivity contribution in [1.29, 1.82) is 0 Å². The predicted octanol–water partition coefficient (Wildman–Crippen LogP) is 2.73. The number of fused-ring (bicyclic) bond motifs is 1. The first-order valence-corrected chi connectivity index (χ1v) is 8.90. The predicted molar refractivity (Wildman–Crippen MR) is 98.8 cm³/mol. The van der Waals surface area contributed by atoms with Gasteiger partial charge in [-0.1, -0.05) is 0 Å². The molecule has 1 aliphatic rings. The maximum atomic E-state index is 12.4. The molecule has 0 unspecified atom stereocenters. The van der Waals surface area contributed by atoms with E-state index in [2.05, 4.69) is 34.2 Å². The Hall–Kier alpha value is -2.74. The summed E-state index contributed by atoms with van der Waals surface area (Å²) in [7, 11) is 0. The summed E-state index contributed by atoms with van der Waals surface area (Å²) in [6, 6.07) is 2.07. The highest BCUT2D eigenvalue weighted by Gasteiger charge is 2.21. The van der Waals surface area contributed by atoms with Crippen molar-refractivity contribution in [3.05, 3.63) is 40.8 Å². The highest BCUT2D eigenvalue weighted by atomic mass is 16.5. The van der Waals surface area contributed by atoms with E-state index in [4.69, 9.17) is 9.72 Å². The lowest BCUT2D eigenvalue weighted by atomic mass is 9.99. The van der Waals surface area contributed by atoms with E-state index in [1.807, 2.05) is 16.9 Å². The van der Waals surface area contributed by atoms with Gasteiger partial charge in [0.1, 0.15) is 17.0 Å².